The number of pyridine rings is 1. The van der Waals surface area contributed by atoms with Gasteiger partial charge in [0.05, 0.1) is 18.8 Å². The minimum absolute atomic E-state index is 0.236. The van der Waals surface area contributed by atoms with E-state index in [4.69, 9.17) is 18.9 Å². The molecule has 0 aliphatic carbocycles. The van der Waals surface area contributed by atoms with Crippen molar-refractivity contribution in [3.05, 3.63) is 28.2 Å². The molecule has 1 aromatic heterocycles. The van der Waals surface area contributed by atoms with Crippen LogP contribution >= 0.6 is 0 Å². The average molecular weight is 339 g/mol. The van der Waals surface area contributed by atoms with Gasteiger partial charge in [0.25, 0.3) is 0 Å². The summed E-state index contributed by atoms with van der Waals surface area (Å²) in [6.45, 7) is 10.0. The standard InChI is InChI=1S/C17H25NO6/c1-10-14(20)11(19)6-7-18(10)8-12-15(24-17(4,5)22-12)13-9-21-16(2,3)23-13/h6-7,12-13,15,20H,8-9H2,1-5H3. The van der Waals surface area contributed by atoms with Gasteiger partial charge in [-0.3, -0.25) is 4.79 Å². The second-order valence-corrected chi connectivity index (χ2v) is 7.27. The van der Waals surface area contributed by atoms with E-state index < -0.39 is 17.0 Å². The fourth-order valence-electron chi connectivity index (χ4n) is 3.25. The lowest BCUT2D eigenvalue weighted by molar-refractivity contribution is -0.174. The number of hydrogen-bond acceptors (Lipinski definition) is 6. The van der Waals surface area contributed by atoms with E-state index in [0.717, 1.165) is 0 Å². The Balaban J connectivity index is 1.83. The highest BCUT2D eigenvalue weighted by Gasteiger charge is 2.49. The fourth-order valence-corrected chi connectivity index (χ4v) is 3.25. The molecule has 7 heteroatoms. The van der Waals surface area contributed by atoms with Gasteiger partial charge in [-0.1, -0.05) is 0 Å². The molecule has 0 amide bonds. The van der Waals surface area contributed by atoms with Gasteiger partial charge >= 0.3 is 0 Å². The van der Waals surface area contributed by atoms with Crippen molar-refractivity contribution < 1.29 is 24.1 Å². The van der Waals surface area contributed by atoms with E-state index >= 15 is 0 Å². The van der Waals surface area contributed by atoms with E-state index in [-0.39, 0.29) is 24.1 Å². The van der Waals surface area contributed by atoms with Crippen LogP contribution in [0.1, 0.15) is 33.4 Å². The third kappa shape index (κ3) is 3.35. The van der Waals surface area contributed by atoms with E-state index in [0.29, 0.717) is 18.8 Å². The number of rotatable bonds is 3. The second-order valence-electron chi connectivity index (χ2n) is 7.27. The van der Waals surface area contributed by atoms with Crippen LogP contribution in [0, 0.1) is 6.92 Å². The van der Waals surface area contributed by atoms with Crippen LogP contribution in [0.3, 0.4) is 0 Å². The summed E-state index contributed by atoms with van der Waals surface area (Å²) in [5, 5.41) is 9.86. The lowest BCUT2D eigenvalue weighted by Gasteiger charge is -2.24. The Morgan fingerprint density at radius 2 is 1.92 bits per heavy atom. The second kappa shape index (κ2) is 5.84. The maximum absolute atomic E-state index is 11.5. The van der Waals surface area contributed by atoms with Gasteiger partial charge < -0.3 is 28.6 Å². The first-order valence-electron chi connectivity index (χ1n) is 8.14. The molecule has 0 aromatic carbocycles. The average Bonchev–Trinajstić information content (AvgIpc) is 2.98. The summed E-state index contributed by atoms with van der Waals surface area (Å²) in [7, 11) is 0. The van der Waals surface area contributed by atoms with Gasteiger partial charge in [-0.2, -0.15) is 0 Å². The molecule has 0 spiro atoms. The van der Waals surface area contributed by atoms with Gasteiger partial charge in [0, 0.05) is 12.3 Å². The molecule has 2 aliphatic rings. The van der Waals surface area contributed by atoms with Crippen molar-refractivity contribution in [1.82, 2.24) is 4.57 Å². The molecular weight excluding hydrogens is 314 g/mol. The molecular formula is C17H25NO6. The predicted octanol–water partition coefficient (Wildman–Crippen LogP) is 1.53. The summed E-state index contributed by atoms with van der Waals surface area (Å²) in [6, 6.07) is 1.34. The first-order chi connectivity index (χ1) is 11.1. The Labute approximate surface area is 141 Å². The summed E-state index contributed by atoms with van der Waals surface area (Å²) in [4.78, 5) is 11.5. The molecule has 0 radical (unpaired) electrons. The molecule has 3 unspecified atom stereocenters. The van der Waals surface area contributed by atoms with Crippen molar-refractivity contribution in [1.29, 1.82) is 0 Å². The monoisotopic (exact) mass is 339 g/mol. The highest BCUT2D eigenvalue weighted by atomic mass is 16.8. The van der Waals surface area contributed by atoms with Crippen LogP contribution in [-0.2, 0) is 25.5 Å². The molecule has 1 aromatic rings. The summed E-state index contributed by atoms with van der Waals surface area (Å²) in [5.74, 6) is -1.62. The quantitative estimate of drug-likeness (QED) is 0.900. The Morgan fingerprint density at radius 1 is 1.21 bits per heavy atom. The first kappa shape index (κ1) is 17.4. The smallest absolute Gasteiger partial charge is 0.223 e. The van der Waals surface area contributed by atoms with E-state index in [1.54, 1.807) is 17.7 Å². The normalized spacial score (nSPS) is 31.5. The van der Waals surface area contributed by atoms with E-state index in [1.807, 2.05) is 27.7 Å². The summed E-state index contributed by atoms with van der Waals surface area (Å²) in [5.41, 5.74) is 0.108. The van der Waals surface area contributed by atoms with Crippen molar-refractivity contribution in [2.24, 2.45) is 0 Å². The summed E-state index contributed by atoms with van der Waals surface area (Å²) >= 11 is 0. The minimum Gasteiger partial charge on any atom is -0.503 e. The zero-order valence-corrected chi connectivity index (χ0v) is 14.7. The van der Waals surface area contributed by atoms with Crippen molar-refractivity contribution in [3.8, 4) is 5.75 Å². The van der Waals surface area contributed by atoms with Crippen LogP contribution in [0.15, 0.2) is 17.1 Å². The van der Waals surface area contributed by atoms with Crippen LogP contribution in [0.4, 0.5) is 0 Å². The Bertz CT molecular complexity index is 680. The van der Waals surface area contributed by atoms with Gasteiger partial charge in [-0.25, -0.2) is 0 Å². The topological polar surface area (TPSA) is 79.2 Å². The summed E-state index contributed by atoms with van der Waals surface area (Å²) in [6.07, 6.45) is 0.824. The molecule has 3 rings (SSSR count). The highest BCUT2D eigenvalue weighted by molar-refractivity contribution is 5.25. The molecule has 0 bridgehead atoms. The molecule has 24 heavy (non-hydrogen) atoms. The van der Waals surface area contributed by atoms with Crippen LogP contribution < -0.4 is 5.43 Å². The number of hydrogen-bond donors (Lipinski definition) is 1. The van der Waals surface area contributed by atoms with Gasteiger partial charge in [0.1, 0.15) is 18.3 Å². The Kier molecular flexibility index (Phi) is 4.24. The largest absolute Gasteiger partial charge is 0.503 e. The van der Waals surface area contributed by atoms with Crippen LogP contribution in [-0.4, -0.2) is 46.2 Å². The summed E-state index contributed by atoms with van der Waals surface area (Å²) < 4.78 is 25.4. The van der Waals surface area contributed by atoms with Crippen molar-refractivity contribution in [2.75, 3.05) is 6.61 Å². The maximum Gasteiger partial charge on any atom is 0.223 e. The van der Waals surface area contributed by atoms with Gasteiger partial charge in [0.15, 0.2) is 17.3 Å². The number of ether oxygens (including phenoxy) is 4. The first-order valence-corrected chi connectivity index (χ1v) is 8.14. The lowest BCUT2D eigenvalue weighted by atomic mass is 10.1. The molecule has 2 fully saturated rings. The number of aromatic nitrogens is 1. The van der Waals surface area contributed by atoms with Crippen molar-refractivity contribution in [2.45, 2.75) is 71.0 Å². The fraction of sp³-hybridized carbons (Fsp3) is 0.706. The van der Waals surface area contributed by atoms with Crippen molar-refractivity contribution >= 4 is 0 Å². The maximum atomic E-state index is 11.5. The molecule has 2 aliphatic heterocycles. The Morgan fingerprint density at radius 3 is 2.54 bits per heavy atom. The lowest BCUT2D eigenvalue weighted by Crippen LogP contribution is -2.40. The van der Waals surface area contributed by atoms with Crippen LogP contribution in [0.2, 0.25) is 0 Å². The third-order valence-electron chi connectivity index (χ3n) is 4.41. The minimum atomic E-state index is -0.736. The van der Waals surface area contributed by atoms with E-state index in [2.05, 4.69) is 0 Å². The van der Waals surface area contributed by atoms with E-state index in [1.165, 1.54) is 6.07 Å². The molecule has 1 N–H and O–H groups in total. The predicted molar refractivity (Wildman–Crippen MR) is 85.8 cm³/mol. The molecule has 134 valence electrons. The van der Waals surface area contributed by atoms with Crippen LogP contribution in [0.25, 0.3) is 0 Å². The number of nitrogens with zero attached hydrogens (tertiary/aromatic N) is 1. The zero-order chi connectivity index (χ0) is 17.7. The molecule has 3 heterocycles. The van der Waals surface area contributed by atoms with Gasteiger partial charge in [-0.15, -0.1) is 0 Å². The zero-order valence-electron chi connectivity index (χ0n) is 14.7. The SMILES string of the molecule is Cc1c(O)c(=O)ccn1CC1OC(C)(C)OC1C1COC(C)(C)O1. The molecule has 7 nitrogen and oxygen atoms in total. The van der Waals surface area contributed by atoms with Crippen LogP contribution in [0.5, 0.6) is 5.75 Å². The van der Waals surface area contributed by atoms with Gasteiger partial charge in [-0.05, 0) is 34.6 Å². The molecule has 0 saturated carbocycles. The van der Waals surface area contributed by atoms with Gasteiger partial charge in [0.2, 0.25) is 5.43 Å². The number of aromatic hydroxyl groups is 1. The Hall–Kier alpha value is -1.41. The van der Waals surface area contributed by atoms with Crippen molar-refractivity contribution in [3.63, 3.8) is 0 Å². The molecule has 3 atom stereocenters. The molecule has 2 saturated heterocycles. The third-order valence-corrected chi connectivity index (χ3v) is 4.41. The van der Waals surface area contributed by atoms with E-state index in [9.17, 15) is 9.90 Å². The highest BCUT2D eigenvalue weighted by Crippen LogP contribution is 2.36.